The number of nitrogens with zero attached hydrogens (tertiary/aromatic N) is 2. The van der Waals surface area contributed by atoms with Gasteiger partial charge in [-0.15, -0.1) is 0 Å². The van der Waals surface area contributed by atoms with Crippen molar-refractivity contribution in [3.63, 3.8) is 0 Å². The first kappa shape index (κ1) is 21.2. The predicted octanol–water partition coefficient (Wildman–Crippen LogP) is 2.43. The SMILES string of the molecule is CCC1NNC(C(=O)N(C)CC2CCN(CCc3ccccc3F)CC2)C1C. The molecule has 1 aromatic rings. The van der Waals surface area contributed by atoms with Gasteiger partial charge in [0, 0.05) is 26.2 Å². The maximum Gasteiger partial charge on any atom is 0.241 e. The van der Waals surface area contributed by atoms with E-state index in [9.17, 15) is 9.18 Å². The fourth-order valence-corrected chi connectivity index (χ4v) is 4.54. The second-order valence-electron chi connectivity index (χ2n) is 8.49. The lowest BCUT2D eigenvalue weighted by Crippen LogP contribution is -2.48. The lowest BCUT2D eigenvalue weighted by atomic mass is 9.92. The van der Waals surface area contributed by atoms with Crippen molar-refractivity contribution in [3.8, 4) is 0 Å². The summed E-state index contributed by atoms with van der Waals surface area (Å²) in [5.41, 5.74) is 7.24. The van der Waals surface area contributed by atoms with E-state index in [2.05, 4.69) is 29.6 Å². The van der Waals surface area contributed by atoms with Crippen molar-refractivity contribution >= 4 is 5.91 Å². The van der Waals surface area contributed by atoms with Gasteiger partial charge in [0.1, 0.15) is 11.9 Å². The third-order valence-corrected chi connectivity index (χ3v) is 6.56. The van der Waals surface area contributed by atoms with Crippen molar-refractivity contribution in [1.29, 1.82) is 0 Å². The highest BCUT2D eigenvalue weighted by molar-refractivity contribution is 5.82. The molecule has 0 radical (unpaired) electrons. The number of amides is 1. The van der Waals surface area contributed by atoms with Crippen molar-refractivity contribution < 1.29 is 9.18 Å². The molecule has 0 bridgehead atoms. The summed E-state index contributed by atoms with van der Waals surface area (Å²) in [5.74, 6) is 0.940. The van der Waals surface area contributed by atoms with Crippen LogP contribution in [0.1, 0.15) is 38.7 Å². The molecule has 28 heavy (non-hydrogen) atoms. The summed E-state index contributed by atoms with van der Waals surface area (Å²) >= 11 is 0. The molecule has 0 spiro atoms. The van der Waals surface area contributed by atoms with Crippen LogP contribution >= 0.6 is 0 Å². The molecule has 1 amide bonds. The Morgan fingerprint density at radius 2 is 1.96 bits per heavy atom. The smallest absolute Gasteiger partial charge is 0.241 e. The Hall–Kier alpha value is -1.50. The first-order valence-electron chi connectivity index (χ1n) is 10.7. The predicted molar refractivity (Wildman–Crippen MR) is 110 cm³/mol. The number of piperidine rings is 1. The van der Waals surface area contributed by atoms with Crippen LogP contribution in [-0.2, 0) is 11.2 Å². The van der Waals surface area contributed by atoms with E-state index in [-0.39, 0.29) is 17.8 Å². The third kappa shape index (κ3) is 5.10. The summed E-state index contributed by atoms with van der Waals surface area (Å²) < 4.78 is 13.8. The highest BCUT2D eigenvalue weighted by atomic mass is 19.1. The first-order chi connectivity index (χ1) is 13.5. The molecule has 3 rings (SSSR count). The zero-order valence-electron chi connectivity index (χ0n) is 17.5. The molecule has 6 heteroatoms. The van der Waals surface area contributed by atoms with Gasteiger partial charge in [0.15, 0.2) is 0 Å². The number of hydrogen-bond acceptors (Lipinski definition) is 4. The topological polar surface area (TPSA) is 47.6 Å². The maximum absolute atomic E-state index is 13.8. The quantitative estimate of drug-likeness (QED) is 0.751. The number of likely N-dealkylation sites (tertiary alicyclic amines) is 1. The maximum atomic E-state index is 13.8. The van der Waals surface area contributed by atoms with Crippen LogP contribution in [0.3, 0.4) is 0 Å². The first-order valence-corrected chi connectivity index (χ1v) is 10.7. The summed E-state index contributed by atoms with van der Waals surface area (Å²) in [4.78, 5) is 17.2. The summed E-state index contributed by atoms with van der Waals surface area (Å²) in [6.07, 6.45) is 3.97. The zero-order valence-corrected chi connectivity index (χ0v) is 17.5. The molecule has 0 saturated carbocycles. The number of halogens is 1. The van der Waals surface area contributed by atoms with Gasteiger partial charge in [-0.05, 0) is 62.2 Å². The van der Waals surface area contributed by atoms with E-state index in [0.29, 0.717) is 17.9 Å². The van der Waals surface area contributed by atoms with Crippen molar-refractivity contribution in [3.05, 3.63) is 35.6 Å². The number of carbonyl (C=O) groups is 1. The van der Waals surface area contributed by atoms with Gasteiger partial charge in [0.05, 0.1) is 0 Å². The molecule has 1 aromatic carbocycles. The lowest BCUT2D eigenvalue weighted by Gasteiger charge is -2.34. The Balaban J connectivity index is 1.40. The lowest BCUT2D eigenvalue weighted by molar-refractivity contribution is -0.133. The second-order valence-corrected chi connectivity index (χ2v) is 8.49. The molecular weight excluding hydrogens is 355 g/mol. The fraction of sp³-hybridized carbons (Fsp3) is 0.682. The van der Waals surface area contributed by atoms with Crippen molar-refractivity contribution in [2.24, 2.45) is 11.8 Å². The van der Waals surface area contributed by atoms with E-state index in [1.807, 2.05) is 24.1 Å². The number of nitrogens with one attached hydrogen (secondary N) is 2. The minimum atomic E-state index is -0.129. The normalized spacial score (nSPS) is 26.5. The zero-order chi connectivity index (χ0) is 20.1. The molecule has 0 aromatic heterocycles. The molecule has 3 atom stereocenters. The van der Waals surface area contributed by atoms with Crippen LogP contribution in [0.4, 0.5) is 4.39 Å². The molecule has 2 fully saturated rings. The molecule has 156 valence electrons. The molecule has 2 aliphatic rings. The van der Waals surface area contributed by atoms with E-state index in [4.69, 9.17) is 0 Å². The number of carbonyl (C=O) groups excluding carboxylic acids is 1. The number of likely N-dealkylation sites (N-methyl/N-ethyl adjacent to an activating group) is 1. The average molecular weight is 391 g/mol. The van der Waals surface area contributed by atoms with Gasteiger partial charge in [0.2, 0.25) is 5.91 Å². The number of benzene rings is 1. The van der Waals surface area contributed by atoms with E-state index in [1.54, 1.807) is 6.07 Å². The van der Waals surface area contributed by atoms with E-state index in [0.717, 1.165) is 57.4 Å². The minimum absolute atomic E-state index is 0.105. The van der Waals surface area contributed by atoms with Crippen LogP contribution in [-0.4, -0.2) is 61.0 Å². The van der Waals surface area contributed by atoms with Crippen molar-refractivity contribution in [1.82, 2.24) is 20.7 Å². The van der Waals surface area contributed by atoms with E-state index in [1.165, 1.54) is 6.07 Å². The molecule has 5 nitrogen and oxygen atoms in total. The molecule has 2 N–H and O–H groups in total. The molecule has 2 aliphatic heterocycles. The highest BCUT2D eigenvalue weighted by Crippen LogP contribution is 2.22. The van der Waals surface area contributed by atoms with Crippen LogP contribution in [0.2, 0.25) is 0 Å². The van der Waals surface area contributed by atoms with Gasteiger partial charge in [0.25, 0.3) is 0 Å². The molecule has 2 heterocycles. The van der Waals surface area contributed by atoms with Crippen molar-refractivity contribution in [2.75, 3.05) is 33.2 Å². The summed E-state index contributed by atoms with van der Waals surface area (Å²) in [7, 11) is 1.93. The number of hydrogen-bond donors (Lipinski definition) is 2. The van der Waals surface area contributed by atoms with Gasteiger partial charge < -0.3 is 9.80 Å². The summed E-state index contributed by atoms with van der Waals surface area (Å²) in [5, 5.41) is 0. The second kappa shape index (κ2) is 9.81. The van der Waals surface area contributed by atoms with Gasteiger partial charge in [-0.25, -0.2) is 9.82 Å². The molecule has 3 unspecified atom stereocenters. The minimum Gasteiger partial charge on any atom is -0.344 e. The van der Waals surface area contributed by atoms with Crippen LogP contribution in [0, 0.1) is 17.7 Å². The third-order valence-electron chi connectivity index (χ3n) is 6.56. The van der Waals surface area contributed by atoms with Gasteiger partial charge in [-0.2, -0.15) is 0 Å². The molecule has 2 saturated heterocycles. The largest absolute Gasteiger partial charge is 0.344 e. The Morgan fingerprint density at radius 1 is 1.25 bits per heavy atom. The fourth-order valence-electron chi connectivity index (χ4n) is 4.54. The van der Waals surface area contributed by atoms with Crippen LogP contribution in [0.25, 0.3) is 0 Å². The van der Waals surface area contributed by atoms with Crippen molar-refractivity contribution in [2.45, 2.75) is 51.6 Å². The average Bonchev–Trinajstić information content (AvgIpc) is 3.08. The van der Waals surface area contributed by atoms with Crippen LogP contribution in [0.5, 0.6) is 0 Å². The Bertz CT molecular complexity index is 647. The standard InChI is InChI=1S/C22H35FN4O/c1-4-20-16(2)21(25-24-20)22(28)26(3)15-17-9-12-27(13-10-17)14-11-18-7-5-6-8-19(18)23/h5-8,16-17,20-21,24-25H,4,9-15H2,1-3H3. The van der Waals surface area contributed by atoms with Crippen LogP contribution in [0.15, 0.2) is 24.3 Å². The molecular formula is C22H35FN4O. The summed E-state index contributed by atoms with van der Waals surface area (Å²) in [6, 6.07) is 7.28. The van der Waals surface area contributed by atoms with Gasteiger partial charge >= 0.3 is 0 Å². The summed E-state index contributed by atoms with van der Waals surface area (Å²) in [6.45, 7) is 8.06. The van der Waals surface area contributed by atoms with E-state index < -0.39 is 0 Å². The Labute approximate surface area is 168 Å². The number of hydrazine groups is 1. The van der Waals surface area contributed by atoms with Gasteiger partial charge in [-0.1, -0.05) is 32.0 Å². The molecule has 0 aliphatic carbocycles. The van der Waals surface area contributed by atoms with Crippen LogP contribution < -0.4 is 10.9 Å². The van der Waals surface area contributed by atoms with E-state index >= 15 is 0 Å². The number of rotatable bonds is 7. The Kier molecular flexibility index (Phi) is 7.43. The Morgan fingerprint density at radius 3 is 2.61 bits per heavy atom. The monoisotopic (exact) mass is 390 g/mol. The van der Waals surface area contributed by atoms with Gasteiger partial charge in [-0.3, -0.25) is 10.2 Å². The highest BCUT2D eigenvalue weighted by Gasteiger charge is 2.37.